The van der Waals surface area contributed by atoms with Gasteiger partial charge in [-0.2, -0.15) is 5.10 Å². The molecule has 146 valence electrons. The van der Waals surface area contributed by atoms with Crippen LogP contribution in [-0.2, 0) is 4.79 Å². The molecule has 1 unspecified atom stereocenters. The van der Waals surface area contributed by atoms with Gasteiger partial charge in [-0.05, 0) is 57.1 Å². The first-order valence-electron chi connectivity index (χ1n) is 9.64. The van der Waals surface area contributed by atoms with E-state index in [9.17, 15) is 9.59 Å². The van der Waals surface area contributed by atoms with Crippen LogP contribution in [0.25, 0.3) is 16.7 Å². The summed E-state index contributed by atoms with van der Waals surface area (Å²) < 4.78 is 1.61. The highest BCUT2D eigenvalue weighted by Crippen LogP contribution is 2.20. The predicted molar refractivity (Wildman–Crippen MR) is 108 cm³/mol. The highest BCUT2D eigenvalue weighted by Gasteiger charge is 2.19. The van der Waals surface area contributed by atoms with Crippen LogP contribution < -0.4 is 10.9 Å². The Morgan fingerprint density at radius 3 is 2.89 bits per heavy atom. The Morgan fingerprint density at radius 2 is 2.11 bits per heavy atom. The third kappa shape index (κ3) is 3.82. The number of rotatable bonds is 5. The summed E-state index contributed by atoms with van der Waals surface area (Å²) in [5.41, 5.74) is 1.80. The van der Waals surface area contributed by atoms with Crippen LogP contribution in [0.15, 0.2) is 41.6 Å². The summed E-state index contributed by atoms with van der Waals surface area (Å²) >= 11 is 0. The topological polar surface area (TPSA) is 95.9 Å². The number of aromatic nitrogens is 4. The molecule has 1 aliphatic heterocycles. The number of carbonyl (C=O) groups excluding carboxylic acids is 1. The van der Waals surface area contributed by atoms with E-state index in [4.69, 9.17) is 0 Å². The first-order valence-corrected chi connectivity index (χ1v) is 9.64. The van der Waals surface area contributed by atoms with Crippen molar-refractivity contribution in [3.05, 3.63) is 47.1 Å². The minimum atomic E-state index is -0.219. The molecule has 0 aliphatic carbocycles. The van der Waals surface area contributed by atoms with Crippen molar-refractivity contribution in [3.8, 4) is 5.69 Å². The van der Waals surface area contributed by atoms with Crippen molar-refractivity contribution in [1.29, 1.82) is 0 Å². The van der Waals surface area contributed by atoms with Gasteiger partial charge in [-0.15, -0.1) is 0 Å². The molecule has 8 nitrogen and oxygen atoms in total. The number of carbonyl (C=O) groups is 1. The van der Waals surface area contributed by atoms with E-state index in [1.165, 1.54) is 31.8 Å². The average molecular weight is 380 g/mol. The van der Waals surface area contributed by atoms with Crippen molar-refractivity contribution in [3.63, 3.8) is 0 Å². The maximum atomic E-state index is 12.3. The van der Waals surface area contributed by atoms with E-state index in [1.54, 1.807) is 4.68 Å². The van der Waals surface area contributed by atoms with Crippen molar-refractivity contribution in [1.82, 2.24) is 24.6 Å². The van der Waals surface area contributed by atoms with Gasteiger partial charge in [0.1, 0.15) is 5.39 Å². The van der Waals surface area contributed by atoms with Gasteiger partial charge in [-0.3, -0.25) is 9.59 Å². The number of likely N-dealkylation sites (tertiary alicyclic amines) is 1. The van der Waals surface area contributed by atoms with Crippen LogP contribution >= 0.6 is 0 Å². The Bertz CT molecular complexity index is 1020. The van der Waals surface area contributed by atoms with Gasteiger partial charge in [0.15, 0.2) is 5.65 Å². The Labute approximate surface area is 162 Å². The van der Waals surface area contributed by atoms with Gasteiger partial charge < -0.3 is 15.2 Å². The smallest absolute Gasteiger partial charge is 0.261 e. The van der Waals surface area contributed by atoms with Crippen molar-refractivity contribution >= 4 is 22.6 Å². The molecule has 1 amide bonds. The molecule has 2 N–H and O–H groups in total. The van der Waals surface area contributed by atoms with E-state index in [-0.39, 0.29) is 11.5 Å². The van der Waals surface area contributed by atoms with Gasteiger partial charge in [-0.25, -0.2) is 9.67 Å². The number of aromatic amines is 1. The SMILES string of the molecule is CN1CCCCC1CCC(=O)Nc1ccc(-n2ncc3c(=O)[nH]cnc32)cc1. The summed E-state index contributed by atoms with van der Waals surface area (Å²) in [6.07, 6.45) is 7.95. The van der Waals surface area contributed by atoms with E-state index in [1.807, 2.05) is 24.3 Å². The van der Waals surface area contributed by atoms with Crippen LogP contribution in [0.2, 0.25) is 0 Å². The molecule has 4 rings (SSSR count). The van der Waals surface area contributed by atoms with Gasteiger partial charge in [0.05, 0.1) is 18.2 Å². The fourth-order valence-corrected chi connectivity index (χ4v) is 3.76. The Hall–Kier alpha value is -3.00. The average Bonchev–Trinajstić information content (AvgIpc) is 3.13. The van der Waals surface area contributed by atoms with E-state index < -0.39 is 0 Å². The summed E-state index contributed by atoms with van der Waals surface area (Å²) in [6, 6.07) is 7.87. The quantitative estimate of drug-likeness (QED) is 0.708. The molecule has 0 spiro atoms. The number of piperidine rings is 1. The molecule has 1 aliphatic rings. The van der Waals surface area contributed by atoms with Crippen LogP contribution in [0.4, 0.5) is 5.69 Å². The van der Waals surface area contributed by atoms with Crippen molar-refractivity contribution in [2.24, 2.45) is 0 Å². The molecule has 0 saturated carbocycles. The van der Waals surface area contributed by atoms with Gasteiger partial charge in [0.25, 0.3) is 5.56 Å². The molecule has 3 aromatic rings. The lowest BCUT2D eigenvalue weighted by molar-refractivity contribution is -0.116. The van der Waals surface area contributed by atoms with Gasteiger partial charge in [0.2, 0.25) is 5.91 Å². The zero-order valence-electron chi connectivity index (χ0n) is 15.9. The number of H-pyrrole nitrogens is 1. The lowest BCUT2D eigenvalue weighted by Gasteiger charge is -2.32. The summed E-state index contributed by atoms with van der Waals surface area (Å²) in [4.78, 5) is 33.2. The third-order valence-electron chi connectivity index (χ3n) is 5.39. The molecule has 1 saturated heterocycles. The van der Waals surface area contributed by atoms with Gasteiger partial charge in [0, 0.05) is 18.2 Å². The Kier molecular flexibility index (Phi) is 5.21. The van der Waals surface area contributed by atoms with Crippen molar-refractivity contribution in [2.75, 3.05) is 18.9 Å². The normalized spacial score (nSPS) is 17.7. The van der Waals surface area contributed by atoms with E-state index in [2.05, 4.69) is 32.3 Å². The zero-order chi connectivity index (χ0) is 19.5. The van der Waals surface area contributed by atoms with E-state index >= 15 is 0 Å². The third-order valence-corrected chi connectivity index (χ3v) is 5.39. The highest BCUT2D eigenvalue weighted by atomic mass is 16.1. The number of fused-ring (bicyclic) bond motifs is 1. The predicted octanol–water partition coefficient (Wildman–Crippen LogP) is 2.31. The largest absolute Gasteiger partial charge is 0.326 e. The number of hydrogen-bond donors (Lipinski definition) is 2. The summed E-state index contributed by atoms with van der Waals surface area (Å²) in [5.74, 6) is 0.0319. The number of anilines is 1. The minimum Gasteiger partial charge on any atom is -0.326 e. The number of nitrogens with one attached hydrogen (secondary N) is 2. The monoisotopic (exact) mass is 380 g/mol. The second-order valence-corrected chi connectivity index (χ2v) is 7.29. The number of nitrogens with zero attached hydrogens (tertiary/aromatic N) is 4. The highest BCUT2D eigenvalue weighted by molar-refractivity contribution is 5.90. The number of amides is 1. The fraction of sp³-hybridized carbons (Fsp3) is 0.400. The first kappa shape index (κ1) is 18.4. The van der Waals surface area contributed by atoms with Crippen LogP contribution in [0, 0.1) is 0 Å². The summed E-state index contributed by atoms with van der Waals surface area (Å²) in [6.45, 7) is 1.12. The number of benzene rings is 1. The molecule has 3 heterocycles. The maximum Gasteiger partial charge on any atom is 0.261 e. The molecule has 0 radical (unpaired) electrons. The lowest BCUT2D eigenvalue weighted by Crippen LogP contribution is -2.36. The fourth-order valence-electron chi connectivity index (χ4n) is 3.76. The Morgan fingerprint density at radius 1 is 1.29 bits per heavy atom. The standard InChI is InChI=1S/C20H24N6O2/c1-25-11-3-2-4-15(25)9-10-18(27)24-14-5-7-16(8-6-14)26-19-17(12-23-26)20(28)22-13-21-19/h5-8,12-13,15H,2-4,9-11H2,1H3,(H,24,27)(H,21,22,28). The summed E-state index contributed by atoms with van der Waals surface area (Å²) in [5, 5.41) is 7.64. The van der Waals surface area contributed by atoms with Crippen LogP contribution in [0.5, 0.6) is 0 Å². The first-order chi connectivity index (χ1) is 13.6. The van der Waals surface area contributed by atoms with Gasteiger partial charge >= 0.3 is 0 Å². The minimum absolute atomic E-state index is 0.0319. The van der Waals surface area contributed by atoms with Crippen LogP contribution in [-0.4, -0.2) is 50.2 Å². The van der Waals surface area contributed by atoms with Crippen molar-refractivity contribution in [2.45, 2.75) is 38.1 Å². The molecule has 1 aromatic carbocycles. The molecule has 0 bridgehead atoms. The van der Waals surface area contributed by atoms with E-state index in [0.29, 0.717) is 23.5 Å². The molecular weight excluding hydrogens is 356 g/mol. The van der Waals surface area contributed by atoms with E-state index in [0.717, 1.165) is 24.3 Å². The molecule has 1 atom stereocenters. The van der Waals surface area contributed by atoms with Gasteiger partial charge in [-0.1, -0.05) is 6.42 Å². The number of hydrogen-bond acceptors (Lipinski definition) is 5. The molecule has 1 fully saturated rings. The zero-order valence-corrected chi connectivity index (χ0v) is 15.9. The molecule has 2 aromatic heterocycles. The Balaban J connectivity index is 1.39. The van der Waals surface area contributed by atoms with Crippen molar-refractivity contribution < 1.29 is 4.79 Å². The van der Waals surface area contributed by atoms with Crippen LogP contribution in [0.1, 0.15) is 32.1 Å². The van der Waals surface area contributed by atoms with Crippen LogP contribution in [0.3, 0.4) is 0 Å². The second-order valence-electron chi connectivity index (χ2n) is 7.29. The maximum absolute atomic E-state index is 12.3. The second kappa shape index (κ2) is 7.93. The lowest BCUT2D eigenvalue weighted by atomic mass is 9.98. The summed E-state index contributed by atoms with van der Waals surface area (Å²) in [7, 11) is 2.14. The molecule has 8 heteroatoms. The molecule has 28 heavy (non-hydrogen) atoms. The molecular formula is C20H24N6O2.